The molecule has 1 saturated heterocycles. The third kappa shape index (κ3) is 7.18. The number of carboxylic acid groups (broad SMARTS) is 1. The molecule has 3 aliphatic rings. The predicted molar refractivity (Wildman–Crippen MR) is 161 cm³/mol. The Balaban J connectivity index is 1.18. The zero-order chi connectivity index (χ0) is 29.6. The van der Waals surface area contributed by atoms with Crippen molar-refractivity contribution < 1.29 is 29.0 Å². The van der Waals surface area contributed by atoms with E-state index in [2.05, 4.69) is 15.5 Å². The molecule has 3 unspecified atom stereocenters. The largest absolute Gasteiger partial charge is 0.495 e. The number of benzene rings is 2. The summed E-state index contributed by atoms with van der Waals surface area (Å²) in [5.74, 6) is 0.350. The number of halogens is 1. The Kier molecular flexibility index (Phi) is 9.90. The Morgan fingerprint density at radius 3 is 2.45 bits per heavy atom. The van der Waals surface area contributed by atoms with Gasteiger partial charge in [0.25, 0.3) is 0 Å². The number of nitrogens with zero attached hydrogens (tertiary/aromatic N) is 1. The van der Waals surface area contributed by atoms with Gasteiger partial charge in [0.2, 0.25) is 5.91 Å². The van der Waals surface area contributed by atoms with Gasteiger partial charge in [-0.05, 0) is 74.3 Å². The number of para-hydroxylation sites is 1. The summed E-state index contributed by atoms with van der Waals surface area (Å²) in [6, 6.07) is 12.2. The molecule has 226 valence electrons. The van der Waals surface area contributed by atoms with Crippen molar-refractivity contribution >= 4 is 40.9 Å². The van der Waals surface area contributed by atoms with Gasteiger partial charge >= 0.3 is 12.0 Å². The third-order valence-electron chi connectivity index (χ3n) is 9.10. The third-order valence-corrected chi connectivity index (χ3v) is 9.43. The van der Waals surface area contributed by atoms with Gasteiger partial charge in [0.15, 0.2) is 0 Å². The summed E-state index contributed by atoms with van der Waals surface area (Å²) in [5.41, 5.74) is 1.80. The molecule has 3 fully saturated rings. The van der Waals surface area contributed by atoms with E-state index < -0.39 is 12.0 Å². The smallest absolute Gasteiger partial charge is 0.323 e. The highest BCUT2D eigenvalue weighted by Crippen LogP contribution is 2.41. The van der Waals surface area contributed by atoms with Crippen LogP contribution in [0.1, 0.15) is 56.9 Å². The Hall–Kier alpha value is -3.30. The van der Waals surface area contributed by atoms with Crippen molar-refractivity contribution in [1.82, 2.24) is 4.90 Å². The second kappa shape index (κ2) is 13.8. The van der Waals surface area contributed by atoms with E-state index in [4.69, 9.17) is 21.1 Å². The summed E-state index contributed by atoms with van der Waals surface area (Å²) >= 11 is 6.14. The molecule has 1 heterocycles. The van der Waals surface area contributed by atoms with Crippen LogP contribution in [0.15, 0.2) is 42.5 Å². The minimum absolute atomic E-state index is 0.0931. The average Bonchev–Trinajstić information content (AvgIpc) is 3.37. The molecule has 0 bridgehead atoms. The van der Waals surface area contributed by atoms with Crippen LogP contribution in [-0.4, -0.2) is 60.3 Å². The van der Waals surface area contributed by atoms with Crippen molar-refractivity contribution in [3.63, 3.8) is 0 Å². The van der Waals surface area contributed by atoms with E-state index in [1.54, 1.807) is 36.4 Å². The predicted octanol–water partition coefficient (Wildman–Crippen LogP) is 6.21. The Bertz CT molecular complexity index is 1280. The average molecular weight is 598 g/mol. The molecular weight excluding hydrogens is 558 g/mol. The van der Waals surface area contributed by atoms with Crippen LogP contribution >= 0.6 is 11.6 Å². The van der Waals surface area contributed by atoms with Crippen molar-refractivity contribution in [2.45, 2.75) is 69.9 Å². The normalized spacial score (nSPS) is 25.4. The number of anilines is 2. The van der Waals surface area contributed by atoms with E-state index in [9.17, 15) is 19.5 Å². The number of rotatable bonds is 9. The number of urea groups is 1. The van der Waals surface area contributed by atoms with Gasteiger partial charge in [-0.15, -0.1) is 0 Å². The van der Waals surface area contributed by atoms with Gasteiger partial charge in [0.1, 0.15) is 5.75 Å². The highest BCUT2D eigenvalue weighted by atomic mass is 35.5. The maximum Gasteiger partial charge on any atom is 0.323 e. The van der Waals surface area contributed by atoms with E-state index in [-0.39, 0.29) is 30.4 Å². The van der Waals surface area contributed by atoms with Crippen molar-refractivity contribution in [2.75, 3.05) is 30.9 Å². The molecule has 3 N–H and O–H groups in total. The highest BCUT2D eigenvalue weighted by molar-refractivity contribution is 6.33. The van der Waals surface area contributed by atoms with E-state index in [1.165, 1.54) is 13.5 Å². The van der Waals surface area contributed by atoms with Crippen LogP contribution < -0.4 is 15.4 Å². The first kappa shape index (κ1) is 30.2. The second-order valence-electron chi connectivity index (χ2n) is 11.7. The maximum atomic E-state index is 13.6. The number of hydrogen-bond acceptors (Lipinski definition) is 5. The summed E-state index contributed by atoms with van der Waals surface area (Å²) in [6.07, 6.45) is 7.71. The summed E-state index contributed by atoms with van der Waals surface area (Å²) < 4.78 is 11.9. The zero-order valence-corrected chi connectivity index (χ0v) is 24.8. The standard InChI is InChI=1S/C32H40ClN3O6/c1-41-29-16-20(10-15-27(29)35-32(40)34-26-8-4-3-7-25(26)33)17-30(37)36-18-22(24-6-2-5-9-28(24)36)19-42-23-13-11-21(12-14-23)31(38)39/h3-4,7-8,10,15-16,21-24,28H,2,5-6,9,11-14,17-19H2,1H3,(H,38,39)(H2,34,35,40). The number of nitrogens with one attached hydrogen (secondary N) is 2. The second-order valence-corrected chi connectivity index (χ2v) is 12.1. The van der Waals surface area contributed by atoms with Crippen molar-refractivity contribution in [3.8, 4) is 5.75 Å². The van der Waals surface area contributed by atoms with Gasteiger partial charge in [0, 0.05) is 18.5 Å². The molecule has 3 atom stereocenters. The minimum atomic E-state index is -0.703. The van der Waals surface area contributed by atoms with E-state index in [0.717, 1.165) is 37.7 Å². The fraction of sp³-hybridized carbons (Fsp3) is 0.531. The maximum absolute atomic E-state index is 13.6. The van der Waals surface area contributed by atoms with Crippen LogP contribution in [-0.2, 0) is 20.7 Å². The van der Waals surface area contributed by atoms with E-state index in [1.807, 2.05) is 6.07 Å². The van der Waals surface area contributed by atoms with Gasteiger partial charge < -0.3 is 30.1 Å². The number of hydrogen-bond donors (Lipinski definition) is 3. The minimum Gasteiger partial charge on any atom is -0.495 e. The number of ether oxygens (including phenoxy) is 2. The summed E-state index contributed by atoms with van der Waals surface area (Å²) in [7, 11) is 1.53. The van der Waals surface area contributed by atoms with Crippen LogP contribution in [0.3, 0.4) is 0 Å². The first-order valence-electron chi connectivity index (χ1n) is 15.0. The molecule has 2 aliphatic carbocycles. The molecule has 0 spiro atoms. The van der Waals surface area contributed by atoms with Gasteiger partial charge in [0.05, 0.1) is 48.6 Å². The molecule has 3 amide bonds. The SMILES string of the molecule is COc1cc(CC(=O)N2CC(COC3CCC(C(=O)O)CC3)C3CCCCC32)ccc1NC(=O)Nc1ccccc1Cl. The van der Waals surface area contributed by atoms with Gasteiger partial charge in [-0.2, -0.15) is 0 Å². The number of carbonyl (C=O) groups excluding carboxylic acids is 2. The molecule has 2 saturated carbocycles. The number of likely N-dealkylation sites (tertiary alicyclic amines) is 1. The molecule has 2 aromatic rings. The summed E-state index contributed by atoms with van der Waals surface area (Å²) in [5, 5.41) is 15.2. The Morgan fingerprint density at radius 2 is 1.71 bits per heavy atom. The van der Waals surface area contributed by atoms with Crippen LogP contribution in [0, 0.1) is 17.8 Å². The lowest BCUT2D eigenvalue weighted by atomic mass is 9.80. The summed E-state index contributed by atoms with van der Waals surface area (Å²) in [6.45, 7) is 1.31. The number of carboxylic acids is 1. The van der Waals surface area contributed by atoms with Crippen molar-refractivity contribution in [2.24, 2.45) is 17.8 Å². The first-order chi connectivity index (χ1) is 20.3. The molecule has 2 aromatic carbocycles. The van der Waals surface area contributed by atoms with Crippen molar-refractivity contribution in [1.29, 1.82) is 0 Å². The Labute approximate surface area is 251 Å². The fourth-order valence-corrected chi connectivity index (χ4v) is 7.05. The topological polar surface area (TPSA) is 117 Å². The molecule has 0 radical (unpaired) electrons. The molecule has 42 heavy (non-hydrogen) atoms. The Morgan fingerprint density at radius 1 is 0.976 bits per heavy atom. The van der Waals surface area contributed by atoms with E-state index >= 15 is 0 Å². The van der Waals surface area contributed by atoms with Crippen LogP contribution in [0.5, 0.6) is 5.75 Å². The number of fused-ring (bicyclic) bond motifs is 1. The fourth-order valence-electron chi connectivity index (χ4n) is 6.86. The molecule has 1 aliphatic heterocycles. The molecule has 10 heteroatoms. The monoisotopic (exact) mass is 597 g/mol. The lowest BCUT2D eigenvalue weighted by Crippen LogP contribution is -2.40. The van der Waals surface area contributed by atoms with Gasteiger partial charge in [-0.1, -0.05) is 42.6 Å². The molecule has 0 aromatic heterocycles. The molecular formula is C32H40ClN3O6. The van der Waals surface area contributed by atoms with Crippen LogP contribution in [0.2, 0.25) is 5.02 Å². The summed E-state index contributed by atoms with van der Waals surface area (Å²) in [4.78, 5) is 39.5. The van der Waals surface area contributed by atoms with Crippen molar-refractivity contribution in [3.05, 3.63) is 53.1 Å². The number of methoxy groups -OCH3 is 1. The lowest BCUT2D eigenvalue weighted by Gasteiger charge is -2.33. The quantitative estimate of drug-likeness (QED) is 0.316. The molecule has 5 rings (SSSR count). The van der Waals surface area contributed by atoms with Gasteiger partial charge in [-0.25, -0.2) is 4.79 Å². The number of amides is 3. The van der Waals surface area contributed by atoms with Gasteiger partial charge in [-0.3, -0.25) is 9.59 Å². The zero-order valence-electron chi connectivity index (χ0n) is 24.0. The highest BCUT2D eigenvalue weighted by Gasteiger charge is 2.44. The van der Waals surface area contributed by atoms with E-state index in [0.29, 0.717) is 60.0 Å². The van der Waals surface area contributed by atoms with Crippen LogP contribution in [0.4, 0.5) is 16.2 Å². The van der Waals surface area contributed by atoms with Crippen LogP contribution in [0.25, 0.3) is 0 Å². The molecule has 9 nitrogen and oxygen atoms in total. The number of aliphatic carboxylic acids is 1. The lowest BCUT2D eigenvalue weighted by molar-refractivity contribution is -0.144. The number of carbonyl (C=O) groups is 3. The first-order valence-corrected chi connectivity index (χ1v) is 15.3.